The predicted octanol–water partition coefficient (Wildman–Crippen LogP) is 2.26. The van der Waals surface area contributed by atoms with Crippen molar-refractivity contribution >= 4 is 11.4 Å². The summed E-state index contributed by atoms with van der Waals surface area (Å²) in [5, 5.41) is 10.5. The number of nitro benzene ring substituents is 1. The zero-order valence-corrected chi connectivity index (χ0v) is 8.53. The van der Waals surface area contributed by atoms with Gasteiger partial charge < -0.3 is 10.5 Å². The van der Waals surface area contributed by atoms with Gasteiger partial charge in [0.2, 0.25) is 0 Å². The average molecular weight is 250 g/mol. The van der Waals surface area contributed by atoms with Crippen molar-refractivity contribution in [2.75, 3.05) is 12.3 Å². The zero-order valence-electron chi connectivity index (χ0n) is 8.53. The van der Waals surface area contributed by atoms with Crippen molar-refractivity contribution in [2.45, 2.75) is 12.8 Å². The Morgan fingerprint density at radius 3 is 2.59 bits per heavy atom. The summed E-state index contributed by atoms with van der Waals surface area (Å²) in [6, 6.07) is 3.72. The van der Waals surface area contributed by atoms with Gasteiger partial charge in [-0.3, -0.25) is 10.1 Å². The van der Waals surface area contributed by atoms with Gasteiger partial charge in [0, 0.05) is 6.07 Å². The Balaban J connectivity index is 2.67. The molecule has 1 rings (SSSR count). The van der Waals surface area contributed by atoms with Gasteiger partial charge in [-0.15, -0.1) is 0 Å². The number of nitrogen functional groups attached to an aromatic ring is 1. The van der Waals surface area contributed by atoms with Crippen molar-refractivity contribution in [2.24, 2.45) is 0 Å². The van der Waals surface area contributed by atoms with Gasteiger partial charge in [0.1, 0.15) is 12.3 Å². The molecule has 2 N–H and O–H groups in total. The van der Waals surface area contributed by atoms with E-state index in [1.807, 2.05) is 0 Å². The van der Waals surface area contributed by atoms with Crippen LogP contribution < -0.4 is 5.73 Å². The van der Waals surface area contributed by atoms with Crippen LogP contribution in [-0.2, 0) is 11.3 Å². The molecule has 0 unspecified atom stereocenters. The third-order valence-electron chi connectivity index (χ3n) is 1.83. The lowest BCUT2D eigenvalue weighted by Gasteiger charge is -2.07. The number of hydrogen-bond donors (Lipinski definition) is 1. The molecule has 0 bridgehead atoms. The minimum atomic E-state index is -4.42. The van der Waals surface area contributed by atoms with Crippen LogP contribution in [0.2, 0.25) is 0 Å². The SMILES string of the molecule is Nc1ccc(COCC(F)(F)F)cc1[N+](=O)[O-]. The molecule has 1 aromatic carbocycles. The van der Waals surface area contributed by atoms with E-state index in [0.717, 1.165) is 6.07 Å². The molecule has 0 saturated carbocycles. The maximum absolute atomic E-state index is 11.8. The summed E-state index contributed by atoms with van der Waals surface area (Å²) in [7, 11) is 0. The van der Waals surface area contributed by atoms with Crippen LogP contribution in [0.15, 0.2) is 18.2 Å². The monoisotopic (exact) mass is 250 g/mol. The van der Waals surface area contributed by atoms with Gasteiger partial charge in [-0.2, -0.15) is 13.2 Å². The van der Waals surface area contributed by atoms with E-state index < -0.39 is 17.7 Å². The molecule has 0 radical (unpaired) electrons. The standard InChI is InChI=1S/C9H9F3N2O3/c10-9(11,12)5-17-4-6-1-2-7(13)8(3-6)14(15)16/h1-3H,4-5,13H2. The molecular weight excluding hydrogens is 241 g/mol. The summed E-state index contributed by atoms with van der Waals surface area (Å²) >= 11 is 0. The van der Waals surface area contributed by atoms with Crippen LogP contribution >= 0.6 is 0 Å². The molecule has 0 heterocycles. The molecule has 0 fully saturated rings. The highest BCUT2D eigenvalue weighted by molar-refractivity contribution is 5.59. The number of benzene rings is 1. The first kappa shape index (κ1) is 13.2. The fourth-order valence-corrected chi connectivity index (χ4v) is 1.12. The molecule has 5 nitrogen and oxygen atoms in total. The van der Waals surface area contributed by atoms with Gasteiger partial charge in [0.15, 0.2) is 0 Å². The van der Waals surface area contributed by atoms with Gasteiger partial charge >= 0.3 is 6.18 Å². The maximum atomic E-state index is 11.8. The fraction of sp³-hybridized carbons (Fsp3) is 0.333. The lowest BCUT2D eigenvalue weighted by Crippen LogP contribution is -2.16. The molecule has 0 aliphatic heterocycles. The van der Waals surface area contributed by atoms with E-state index in [9.17, 15) is 23.3 Å². The van der Waals surface area contributed by atoms with E-state index in [-0.39, 0.29) is 23.5 Å². The first-order valence-electron chi connectivity index (χ1n) is 4.47. The molecule has 0 aliphatic rings. The van der Waals surface area contributed by atoms with Crippen LogP contribution in [0.25, 0.3) is 0 Å². The highest BCUT2D eigenvalue weighted by atomic mass is 19.4. The van der Waals surface area contributed by atoms with Gasteiger partial charge in [-0.1, -0.05) is 6.07 Å². The largest absolute Gasteiger partial charge is 0.411 e. The van der Waals surface area contributed by atoms with Crippen molar-refractivity contribution < 1.29 is 22.8 Å². The van der Waals surface area contributed by atoms with Gasteiger partial charge in [0.25, 0.3) is 5.69 Å². The minimum absolute atomic E-state index is 0.0467. The van der Waals surface area contributed by atoms with Gasteiger partial charge in [-0.25, -0.2) is 0 Å². The summed E-state index contributed by atoms with van der Waals surface area (Å²) in [5.74, 6) is 0. The molecule has 8 heteroatoms. The van der Waals surface area contributed by atoms with E-state index in [0.29, 0.717) is 0 Å². The number of rotatable bonds is 4. The van der Waals surface area contributed by atoms with E-state index in [2.05, 4.69) is 4.74 Å². The lowest BCUT2D eigenvalue weighted by molar-refractivity contribution is -0.384. The minimum Gasteiger partial charge on any atom is -0.393 e. The van der Waals surface area contributed by atoms with Crippen LogP contribution in [0.3, 0.4) is 0 Å². The molecule has 1 aromatic rings. The number of ether oxygens (including phenoxy) is 1. The second-order valence-electron chi connectivity index (χ2n) is 3.26. The molecule has 0 saturated heterocycles. The second-order valence-corrected chi connectivity index (χ2v) is 3.26. The lowest BCUT2D eigenvalue weighted by atomic mass is 10.2. The number of nitrogens with two attached hydrogens (primary N) is 1. The molecule has 17 heavy (non-hydrogen) atoms. The quantitative estimate of drug-likeness (QED) is 0.505. The zero-order chi connectivity index (χ0) is 13.1. The Hall–Kier alpha value is -1.83. The molecular formula is C9H9F3N2O3. The highest BCUT2D eigenvalue weighted by Gasteiger charge is 2.27. The van der Waals surface area contributed by atoms with E-state index >= 15 is 0 Å². The highest BCUT2D eigenvalue weighted by Crippen LogP contribution is 2.23. The van der Waals surface area contributed by atoms with Crippen LogP contribution in [0.5, 0.6) is 0 Å². The Morgan fingerprint density at radius 1 is 1.41 bits per heavy atom. The summed E-state index contributed by atoms with van der Waals surface area (Å²) in [6.07, 6.45) is -4.42. The number of hydrogen-bond acceptors (Lipinski definition) is 4. The molecule has 0 aromatic heterocycles. The Bertz CT molecular complexity index is 420. The van der Waals surface area contributed by atoms with Gasteiger partial charge in [0.05, 0.1) is 11.5 Å². The molecule has 94 valence electrons. The fourth-order valence-electron chi connectivity index (χ4n) is 1.12. The van der Waals surface area contributed by atoms with Crippen molar-refractivity contribution in [1.82, 2.24) is 0 Å². The van der Waals surface area contributed by atoms with Crippen molar-refractivity contribution in [3.05, 3.63) is 33.9 Å². The third-order valence-corrected chi connectivity index (χ3v) is 1.83. The predicted molar refractivity (Wildman–Crippen MR) is 53.2 cm³/mol. The number of anilines is 1. The molecule has 0 aliphatic carbocycles. The number of nitrogens with zero attached hydrogens (tertiary/aromatic N) is 1. The van der Waals surface area contributed by atoms with Crippen molar-refractivity contribution in [1.29, 1.82) is 0 Å². The van der Waals surface area contributed by atoms with Crippen molar-refractivity contribution in [3.63, 3.8) is 0 Å². The van der Waals surface area contributed by atoms with Crippen LogP contribution in [0.1, 0.15) is 5.56 Å². The Kier molecular flexibility index (Phi) is 3.89. The Labute approximate surface area is 94.1 Å². The molecule has 0 atom stereocenters. The van der Waals surface area contributed by atoms with E-state index in [1.54, 1.807) is 0 Å². The summed E-state index contributed by atoms with van der Waals surface area (Å²) in [4.78, 5) is 9.81. The maximum Gasteiger partial charge on any atom is 0.411 e. The number of halogens is 3. The average Bonchev–Trinajstić information content (AvgIpc) is 2.18. The first-order chi connectivity index (χ1) is 7.79. The second kappa shape index (κ2) is 5.00. The smallest absolute Gasteiger partial charge is 0.393 e. The van der Waals surface area contributed by atoms with Gasteiger partial charge in [-0.05, 0) is 11.6 Å². The number of nitro groups is 1. The van der Waals surface area contributed by atoms with Crippen LogP contribution in [-0.4, -0.2) is 17.7 Å². The molecule has 0 spiro atoms. The molecule has 0 amide bonds. The topological polar surface area (TPSA) is 78.4 Å². The van der Waals surface area contributed by atoms with E-state index in [4.69, 9.17) is 5.73 Å². The summed E-state index contributed by atoms with van der Waals surface area (Å²) in [6.45, 7) is -1.76. The number of alkyl halides is 3. The normalized spacial score (nSPS) is 11.5. The first-order valence-corrected chi connectivity index (χ1v) is 4.47. The van der Waals surface area contributed by atoms with Crippen molar-refractivity contribution in [3.8, 4) is 0 Å². The van der Waals surface area contributed by atoms with Crippen LogP contribution in [0, 0.1) is 10.1 Å². The van der Waals surface area contributed by atoms with E-state index in [1.165, 1.54) is 12.1 Å². The Morgan fingerprint density at radius 2 is 2.06 bits per heavy atom. The summed E-state index contributed by atoms with van der Waals surface area (Å²) in [5.41, 5.74) is 5.19. The summed E-state index contributed by atoms with van der Waals surface area (Å²) < 4.78 is 39.7. The van der Waals surface area contributed by atoms with Crippen LogP contribution in [0.4, 0.5) is 24.5 Å². The third kappa shape index (κ3) is 4.27.